The fourth-order valence-electron chi connectivity index (χ4n) is 2.81. The van der Waals surface area contributed by atoms with Crippen molar-refractivity contribution in [3.63, 3.8) is 0 Å². The van der Waals surface area contributed by atoms with E-state index < -0.39 is 0 Å². The number of piperidine rings is 1. The maximum absolute atomic E-state index is 11.8. The van der Waals surface area contributed by atoms with Gasteiger partial charge in [-0.1, -0.05) is 6.42 Å². The summed E-state index contributed by atoms with van der Waals surface area (Å²) in [5, 5.41) is 0. The van der Waals surface area contributed by atoms with Gasteiger partial charge < -0.3 is 10.6 Å². The van der Waals surface area contributed by atoms with Crippen molar-refractivity contribution in [1.29, 1.82) is 0 Å². The molecule has 2 N–H and O–H groups in total. The van der Waals surface area contributed by atoms with Crippen LogP contribution in [0.25, 0.3) is 0 Å². The molecule has 2 fully saturated rings. The minimum Gasteiger partial charge on any atom is -0.340 e. The van der Waals surface area contributed by atoms with Gasteiger partial charge in [-0.2, -0.15) is 0 Å². The molecule has 2 aliphatic heterocycles. The van der Waals surface area contributed by atoms with E-state index in [0.717, 1.165) is 19.5 Å². The highest BCUT2D eigenvalue weighted by Crippen LogP contribution is 2.20. The maximum Gasteiger partial charge on any atom is 0.239 e. The molecule has 1 unspecified atom stereocenters. The monoisotopic (exact) mass is 225 g/mol. The summed E-state index contributed by atoms with van der Waals surface area (Å²) >= 11 is 0. The molecule has 2 rings (SSSR count). The van der Waals surface area contributed by atoms with Crippen LogP contribution in [0, 0.1) is 0 Å². The number of nitrogens with two attached hydrogens (primary N) is 1. The zero-order valence-electron chi connectivity index (χ0n) is 10.2. The van der Waals surface area contributed by atoms with Gasteiger partial charge in [0.05, 0.1) is 6.04 Å². The summed E-state index contributed by atoms with van der Waals surface area (Å²) in [5.41, 5.74) is 5.63. The zero-order chi connectivity index (χ0) is 11.5. The van der Waals surface area contributed by atoms with Crippen LogP contribution in [0.4, 0.5) is 0 Å². The number of likely N-dealkylation sites (tertiary alicyclic amines) is 2. The lowest BCUT2D eigenvalue weighted by atomic mass is 10.1. The van der Waals surface area contributed by atoms with Crippen molar-refractivity contribution in [2.24, 2.45) is 5.73 Å². The first-order chi connectivity index (χ1) is 7.68. The molecule has 0 aromatic carbocycles. The van der Waals surface area contributed by atoms with Gasteiger partial charge in [0.1, 0.15) is 0 Å². The van der Waals surface area contributed by atoms with Gasteiger partial charge in [0.15, 0.2) is 0 Å². The summed E-state index contributed by atoms with van der Waals surface area (Å²) in [6.45, 7) is 5.98. The van der Waals surface area contributed by atoms with E-state index in [4.69, 9.17) is 5.73 Å². The molecule has 0 radical (unpaired) electrons. The van der Waals surface area contributed by atoms with Crippen molar-refractivity contribution in [3.8, 4) is 0 Å². The Morgan fingerprint density at radius 1 is 1.25 bits per heavy atom. The SMILES string of the molecule is C[C@@H](N)C(=O)N1CCC(N2CCCCC2)C1. The lowest BCUT2D eigenvalue weighted by Crippen LogP contribution is -2.44. The lowest BCUT2D eigenvalue weighted by molar-refractivity contribution is -0.131. The van der Waals surface area contributed by atoms with Crippen molar-refractivity contribution < 1.29 is 4.79 Å². The van der Waals surface area contributed by atoms with Crippen molar-refractivity contribution in [2.45, 2.75) is 44.7 Å². The smallest absolute Gasteiger partial charge is 0.239 e. The van der Waals surface area contributed by atoms with E-state index in [2.05, 4.69) is 4.90 Å². The molecule has 0 saturated carbocycles. The number of carbonyl (C=O) groups is 1. The number of nitrogens with zero attached hydrogens (tertiary/aromatic N) is 2. The van der Waals surface area contributed by atoms with Crippen LogP contribution in [0.2, 0.25) is 0 Å². The number of rotatable bonds is 2. The maximum atomic E-state index is 11.8. The molecule has 2 heterocycles. The summed E-state index contributed by atoms with van der Waals surface area (Å²) in [4.78, 5) is 16.2. The Hall–Kier alpha value is -0.610. The Morgan fingerprint density at radius 3 is 2.56 bits per heavy atom. The Morgan fingerprint density at radius 2 is 1.94 bits per heavy atom. The molecular formula is C12H23N3O. The molecule has 0 aliphatic carbocycles. The fourth-order valence-corrected chi connectivity index (χ4v) is 2.81. The van der Waals surface area contributed by atoms with Gasteiger partial charge in [0, 0.05) is 19.1 Å². The van der Waals surface area contributed by atoms with E-state index in [-0.39, 0.29) is 11.9 Å². The second kappa shape index (κ2) is 5.15. The van der Waals surface area contributed by atoms with E-state index in [9.17, 15) is 4.79 Å². The molecule has 0 bridgehead atoms. The van der Waals surface area contributed by atoms with Crippen molar-refractivity contribution >= 4 is 5.91 Å². The average molecular weight is 225 g/mol. The van der Waals surface area contributed by atoms with Crippen molar-refractivity contribution in [3.05, 3.63) is 0 Å². The predicted octanol–water partition coefficient (Wildman–Crippen LogP) is 0.420. The first-order valence-electron chi connectivity index (χ1n) is 6.47. The summed E-state index contributed by atoms with van der Waals surface area (Å²) in [6.07, 6.45) is 5.12. The zero-order valence-corrected chi connectivity index (χ0v) is 10.2. The minimum atomic E-state index is -0.347. The van der Waals surface area contributed by atoms with Gasteiger partial charge in [-0.15, -0.1) is 0 Å². The van der Waals surface area contributed by atoms with Crippen LogP contribution in [0.3, 0.4) is 0 Å². The number of hydrogen-bond donors (Lipinski definition) is 1. The first kappa shape index (κ1) is 11.9. The van der Waals surface area contributed by atoms with Crippen molar-refractivity contribution in [2.75, 3.05) is 26.2 Å². The molecular weight excluding hydrogens is 202 g/mol. The highest BCUT2D eigenvalue weighted by molar-refractivity contribution is 5.81. The van der Waals surface area contributed by atoms with Gasteiger partial charge in [0.25, 0.3) is 0 Å². The predicted molar refractivity (Wildman–Crippen MR) is 64.1 cm³/mol. The molecule has 0 aromatic heterocycles. The summed E-state index contributed by atoms with van der Waals surface area (Å²) in [6, 6.07) is 0.239. The van der Waals surface area contributed by atoms with Crippen LogP contribution < -0.4 is 5.73 Å². The summed E-state index contributed by atoms with van der Waals surface area (Å²) in [7, 11) is 0. The fraction of sp³-hybridized carbons (Fsp3) is 0.917. The van der Waals surface area contributed by atoms with E-state index in [1.54, 1.807) is 6.92 Å². The Kier molecular flexibility index (Phi) is 3.82. The molecule has 92 valence electrons. The van der Waals surface area contributed by atoms with E-state index in [1.165, 1.54) is 32.4 Å². The van der Waals surface area contributed by atoms with Crippen LogP contribution in [0.5, 0.6) is 0 Å². The first-order valence-corrected chi connectivity index (χ1v) is 6.47. The Bertz CT molecular complexity index is 249. The third-order valence-electron chi connectivity index (χ3n) is 3.77. The lowest BCUT2D eigenvalue weighted by Gasteiger charge is -2.32. The molecule has 2 atom stereocenters. The second-order valence-corrected chi connectivity index (χ2v) is 5.11. The molecule has 0 aromatic rings. The van der Waals surface area contributed by atoms with E-state index >= 15 is 0 Å². The van der Waals surface area contributed by atoms with Crippen LogP contribution in [0.15, 0.2) is 0 Å². The standard InChI is InChI=1S/C12H23N3O/c1-10(13)12(16)15-8-5-11(9-15)14-6-3-2-4-7-14/h10-11H,2-9,13H2,1H3/t10-,11?/m1/s1. The number of carbonyl (C=O) groups excluding carboxylic acids is 1. The molecule has 2 aliphatic rings. The molecule has 1 amide bonds. The van der Waals surface area contributed by atoms with Crippen LogP contribution in [0.1, 0.15) is 32.6 Å². The quantitative estimate of drug-likeness (QED) is 0.741. The van der Waals surface area contributed by atoms with Gasteiger partial charge in [-0.25, -0.2) is 0 Å². The van der Waals surface area contributed by atoms with Crippen LogP contribution >= 0.6 is 0 Å². The topological polar surface area (TPSA) is 49.6 Å². The van der Waals surface area contributed by atoms with E-state index in [1.807, 2.05) is 4.90 Å². The largest absolute Gasteiger partial charge is 0.340 e. The number of amides is 1. The van der Waals surface area contributed by atoms with Gasteiger partial charge in [0.2, 0.25) is 5.91 Å². The third kappa shape index (κ3) is 2.55. The summed E-state index contributed by atoms with van der Waals surface area (Å²) in [5.74, 6) is 0.111. The molecule has 4 heteroatoms. The van der Waals surface area contributed by atoms with Gasteiger partial charge >= 0.3 is 0 Å². The van der Waals surface area contributed by atoms with Crippen molar-refractivity contribution in [1.82, 2.24) is 9.80 Å². The average Bonchev–Trinajstić information content (AvgIpc) is 2.78. The molecule has 16 heavy (non-hydrogen) atoms. The normalized spacial score (nSPS) is 29.4. The van der Waals surface area contributed by atoms with Crippen LogP contribution in [-0.2, 0) is 4.79 Å². The molecule has 0 spiro atoms. The van der Waals surface area contributed by atoms with Crippen LogP contribution in [-0.4, -0.2) is 54.0 Å². The van der Waals surface area contributed by atoms with Gasteiger partial charge in [-0.05, 0) is 39.3 Å². The summed E-state index contributed by atoms with van der Waals surface area (Å²) < 4.78 is 0. The van der Waals surface area contributed by atoms with E-state index in [0.29, 0.717) is 6.04 Å². The highest BCUT2D eigenvalue weighted by Gasteiger charge is 2.31. The highest BCUT2D eigenvalue weighted by atomic mass is 16.2. The Labute approximate surface area is 97.8 Å². The molecule has 4 nitrogen and oxygen atoms in total. The molecule has 2 saturated heterocycles. The van der Waals surface area contributed by atoms with Gasteiger partial charge in [-0.3, -0.25) is 9.69 Å². The number of hydrogen-bond acceptors (Lipinski definition) is 3. The Balaban J connectivity index is 1.85. The minimum absolute atomic E-state index is 0.111. The second-order valence-electron chi connectivity index (χ2n) is 5.11. The third-order valence-corrected chi connectivity index (χ3v) is 3.77.